The molecule has 3 atom stereocenters. The van der Waals surface area contributed by atoms with Crippen LogP contribution in [0.25, 0.3) is 21.3 Å². The maximum absolute atomic E-state index is 13.7. The van der Waals surface area contributed by atoms with Gasteiger partial charge in [-0.2, -0.15) is 0 Å². The number of aromatic amines is 1. The molecule has 2 aliphatic rings. The largest absolute Gasteiger partial charge is 0.483 e. The first kappa shape index (κ1) is 32.5. The van der Waals surface area contributed by atoms with E-state index in [0.717, 1.165) is 72.1 Å². The normalized spacial score (nSPS) is 18.9. The van der Waals surface area contributed by atoms with E-state index in [1.54, 1.807) is 6.20 Å². The van der Waals surface area contributed by atoms with Crippen LogP contribution >= 0.6 is 11.3 Å². The molecule has 4 heterocycles. The molecule has 1 aliphatic heterocycles. The molecule has 4 N–H and O–H groups in total. The zero-order valence-corrected chi connectivity index (χ0v) is 26.9. The van der Waals surface area contributed by atoms with Gasteiger partial charge >= 0.3 is 0 Å². The van der Waals surface area contributed by atoms with E-state index in [2.05, 4.69) is 54.2 Å². The van der Waals surface area contributed by atoms with Gasteiger partial charge in [-0.3, -0.25) is 14.4 Å². The topological polar surface area (TPSA) is 136 Å². The van der Waals surface area contributed by atoms with Gasteiger partial charge in [0.25, 0.3) is 12.4 Å². The number of carbonyl (C=O) groups excluding carboxylic acids is 1. The third kappa shape index (κ3) is 8.06. The van der Waals surface area contributed by atoms with Crippen molar-refractivity contribution in [1.29, 1.82) is 0 Å². The van der Waals surface area contributed by atoms with Gasteiger partial charge in [0.05, 0.1) is 17.0 Å². The lowest BCUT2D eigenvalue weighted by atomic mass is 9.71. The van der Waals surface area contributed by atoms with Gasteiger partial charge in [0.2, 0.25) is 5.56 Å². The molecule has 4 aromatic rings. The molecule has 1 saturated heterocycles. The fraction of sp³-hybridized carbons (Fsp3) is 0.429. The molecule has 9 nitrogen and oxygen atoms in total. The Morgan fingerprint density at radius 3 is 2.53 bits per heavy atom. The van der Waals surface area contributed by atoms with Crippen molar-refractivity contribution in [2.24, 2.45) is 11.3 Å². The number of aryl methyl sites for hydroxylation is 1. The number of thiophene rings is 1. The summed E-state index contributed by atoms with van der Waals surface area (Å²) in [7, 11) is 0. The predicted octanol–water partition coefficient (Wildman–Crippen LogP) is 5.43. The van der Waals surface area contributed by atoms with Crippen LogP contribution in [0.2, 0.25) is 0 Å². The van der Waals surface area contributed by atoms with Crippen molar-refractivity contribution < 1.29 is 19.8 Å². The highest BCUT2D eigenvalue weighted by molar-refractivity contribution is 7.20. The van der Waals surface area contributed by atoms with Crippen LogP contribution in [-0.4, -0.2) is 63.2 Å². The maximum Gasteiger partial charge on any atom is 0.290 e. The van der Waals surface area contributed by atoms with Crippen LogP contribution in [0.1, 0.15) is 72.6 Å². The highest BCUT2D eigenvalue weighted by Crippen LogP contribution is 2.38. The number of nitrogens with zero attached hydrogens (tertiary/aromatic N) is 2. The fourth-order valence-corrected chi connectivity index (χ4v) is 7.29. The summed E-state index contributed by atoms with van der Waals surface area (Å²) in [5, 5.41) is 21.2. The molecular formula is C35H42N4O5S. The Kier molecular flexibility index (Phi) is 10.2. The number of hydrogen-bond donors (Lipinski definition) is 4. The number of nitrogens with one attached hydrogen (secondary N) is 2. The summed E-state index contributed by atoms with van der Waals surface area (Å²) in [5.41, 5.74) is 5.61. The molecule has 1 unspecified atom stereocenters. The number of benzene rings is 1. The number of aliphatic hydroxyl groups excluding tert-OH is 1. The standard InChI is InChI=1S/C34H40N4O3S.CH2O2/c1-34(2,3)26-9-10-28-24(17-26)16-25-18-30(42-33(25)37-28)32(41)36-29(13-15-38-14-12-27(39)20-38)22-6-4-21(5-7-22)23-8-11-31(40)35-19-23;2-1-3/h4-8,11,16,18-19,26-27,29,39H,9-10,12-15,17,20H2,1-3H3,(H,35,40)(H,36,41);1H,(H,2,3)/t26-,27?,29+;/m0./s1. The van der Waals surface area contributed by atoms with Gasteiger partial charge in [0.15, 0.2) is 0 Å². The molecule has 1 aromatic carbocycles. The Morgan fingerprint density at radius 2 is 1.89 bits per heavy atom. The van der Waals surface area contributed by atoms with E-state index >= 15 is 0 Å². The van der Waals surface area contributed by atoms with Crippen LogP contribution in [0.4, 0.5) is 0 Å². The minimum Gasteiger partial charge on any atom is -0.483 e. The van der Waals surface area contributed by atoms with Gasteiger partial charge in [-0.15, -0.1) is 11.3 Å². The van der Waals surface area contributed by atoms with Crippen molar-refractivity contribution in [2.75, 3.05) is 19.6 Å². The van der Waals surface area contributed by atoms with Crippen molar-refractivity contribution in [3.63, 3.8) is 0 Å². The molecule has 0 spiro atoms. The molecular weight excluding hydrogens is 588 g/mol. The smallest absolute Gasteiger partial charge is 0.290 e. The number of hydrogen-bond acceptors (Lipinski definition) is 7. The second-order valence-electron chi connectivity index (χ2n) is 13.1. The number of aromatic nitrogens is 2. The number of likely N-dealkylation sites (tertiary alicyclic amines) is 1. The molecule has 0 radical (unpaired) electrons. The van der Waals surface area contributed by atoms with Crippen molar-refractivity contribution in [1.82, 2.24) is 20.2 Å². The summed E-state index contributed by atoms with van der Waals surface area (Å²) in [6, 6.07) is 15.6. The molecule has 3 aromatic heterocycles. The quantitative estimate of drug-likeness (QED) is 0.200. The number of H-pyrrole nitrogens is 1. The van der Waals surface area contributed by atoms with E-state index in [1.165, 1.54) is 28.7 Å². The summed E-state index contributed by atoms with van der Waals surface area (Å²) >= 11 is 1.47. The fourth-order valence-electron chi connectivity index (χ4n) is 6.35. The second-order valence-corrected chi connectivity index (χ2v) is 14.2. The van der Waals surface area contributed by atoms with Gasteiger partial charge in [0.1, 0.15) is 4.83 Å². The van der Waals surface area contributed by atoms with Crippen molar-refractivity contribution in [2.45, 2.75) is 65.0 Å². The molecule has 10 heteroatoms. The Bertz CT molecular complexity index is 1670. The van der Waals surface area contributed by atoms with Crippen LogP contribution in [-0.2, 0) is 17.6 Å². The predicted molar refractivity (Wildman–Crippen MR) is 178 cm³/mol. The Hall–Kier alpha value is -3.86. The molecule has 0 saturated carbocycles. The van der Waals surface area contributed by atoms with E-state index in [1.807, 2.05) is 24.3 Å². The van der Waals surface area contributed by atoms with E-state index in [4.69, 9.17) is 14.9 Å². The number of fused-ring (bicyclic) bond motifs is 2. The van der Waals surface area contributed by atoms with Gasteiger partial charge in [-0.1, -0.05) is 45.0 Å². The maximum atomic E-state index is 13.7. The van der Waals surface area contributed by atoms with Gasteiger partial charge < -0.3 is 25.4 Å². The van der Waals surface area contributed by atoms with E-state index in [-0.39, 0.29) is 35.5 Å². The lowest BCUT2D eigenvalue weighted by Gasteiger charge is -2.34. The first-order chi connectivity index (χ1) is 21.5. The van der Waals surface area contributed by atoms with Crippen molar-refractivity contribution in [3.8, 4) is 11.1 Å². The number of aliphatic hydroxyl groups is 1. The minimum atomic E-state index is -0.273. The Balaban J connectivity index is 0.00000128. The lowest BCUT2D eigenvalue weighted by Crippen LogP contribution is -2.32. The Labute approximate surface area is 267 Å². The van der Waals surface area contributed by atoms with E-state index in [0.29, 0.717) is 17.3 Å². The molecule has 0 bridgehead atoms. The number of pyridine rings is 2. The SMILES string of the molecule is CC(C)(C)[C@H]1CCc2nc3sc(C(=O)N[C@H](CCN4CCC(O)C4)c4ccc(-c5ccc(=O)[nH]c5)cc4)cc3cc2C1.O=CO. The highest BCUT2D eigenvalue weighted by Gasteiger charge is 2.30. The van der Waals surface area contributed by atoms with E-state index < -0.39 is 0 Å². The lowest BCUT2D eigenvalue weighted by molar-refractivity contribution is -0.122. The summed E-state index contributed by atoms with van der Waals surface area (Å²) in [6.45, 7) is 9.05. The number of β-amino-alcohol motifs (C(OH)–C–C–N with tert-alkyl or cyclic N) is 1. The first-order valence-corrected chi connectivity index (χ1v) is 16.4. The highest BCUT2D eigenvalue weighted by atomic mass is 32.1. The summed E-state index contributed by atoms with van der Waals surface area (Å²) in [5.74, 6) is 0.554. The van der Waals surface area contributed by atoms with Crippen molar-refractivity contribution in [3.05, 3.63) is 86.8 Å². The molecule has 1 fully saturated rings. The summed E-state index contributed by atoms with van der Waals surface area (Å²) in [4.78, 5) is 45.1. The zero-order chi connectivity index (χ0) is 32.1. The third-order valence-electron chi connectivity index (χ3n) is 9.04. The third-order valence-corrected chi connectivity index (χ3v) is 10.1. The average Bonchev–Trinajstić information content (AvgIpc) is 3.63. The average molecular weight is 631 g/mol. The zero-order valence-electron chi connectivity index (χ0n) is 26.1. The van der Waals surface area contributed by atoms with Crippen LogP contribution in [0.3, 0.4) is 0 Å². The first-order valence-electron chi connectivity index (χ1n) is 15.5. The van der Waals surface area contributed by atoms with Gasteiger partial charge in [-0.25, -0.2) is 4.98 Å². The van der Waals surface area contributed by atoms with Crippen LogP contribution in [0.15, 0.2) is 59.5 Å². The molecule has 238 valence electrons. The monoisotopic (exact) mass is 630 g/mol. The molecule has 6 rings (SSSR count). The molecule has 1 aliphatic carbocycles. The number of carbonyl (C=O) groups is 2. The molecule has 45 heavy (non-hydrogen) atoms. The van der Waals surface area contributed by atoms with Crippen LogP contribution in [0.5, 0.6) is 0 Å². The van der Waals surface area contributed by atoms with Gasteiger partial charge in [0, 0.05) is 43.0 Å². The number of rotatable bonds is 7. The van der Waals surface area contributed by atoms with Gasteiger partial charge in [-0.05, 0) is 83.9 Å². The number of amides is 1. The minimum absolute atomic E-state index is 0.0836. The van der Waals surface area contributed by atoms with Crippen molar-refractivity contribution >= 4 is 33.9 Å². The van der Waals surface area contributed by atoms with Crippen LogP contribution in [0, 0.1) is 11.3 Å². The molecule has 1 amide bonds. The summed E-state index contributed by atoms with van der Waals surface area (Å²) < 4.78 is 0. The second kappa shape index (κ2) is 14.1. The summed E-state index contributed by atoms with van der Waals surface area (Å²) in [6.07, 6.45) is 6.17. The Morgan fingerprint density at radius 1 is 1.16 bits per heavy atom. The number of carboxylic acid groups (broad SMARTS) is 1. The van der Waals surface area contributed by atoms with E-state index in [9.17, 15) is 14.7 Å². The van der Waals surface area contributed by atoms with Crippen LogP contribution < -0.4 is 10.9 Å².